The number of halogens is 7. The van der Waals surface area contributed by atoms with Gasteiger partial charge in [-0.3, -0.25) is 4.79 Å². The second-order valence-electron chi connectivity index (χ2n) is 3.44. The molecule has 0 aliphatic heterocycles. The molecular weight excluding hydrogens is 330 g/mol. The first-order chi connectivity index (χ1) is 9.27. The van der Waals surface area contributed by atoms with Gasteiger partial charge >= 0.3 is 0 Å². The standard InChI is InChI=1S/C10HCl2F5N2O/c11-2-1-18-19(10(20)3(2)12)9-7(16)5(14)4(13)6(15)8(9)17/h1H. The van der Waals surface area contributed by atoms with Gasteiger partial charge in [0, 0.05) is 0 Å². The predicted octanol–water partition coefficient (Wildman–Crippen LogP) is 3.23. The van der Waals surface area contributed by atoms with Crippen molar-refractivity contribution >= 4 is 23.2 Å². The minimum Gasteiger partial charge on any atom is -0.266 e. The van der Waals surface area contributed by atoms with Crippen molar-refractivity contribution in [1.29, 1.82) is 0 Å². The van der Waals surface area contributed by atoms with Crippen LogP contribution in [0.1, 0.15) is 0 Å². The number of aromatic nitrogens is 2. The van der Waals surface area contributed by atoms with Crippen molar-refractivity contribution in [3.8, 4) is 5.69 Å². The molecule has 0 bridgehead atoms. The van der Waals surface area contributed by atoms with Crippen molar-refractivity contribution in [1.82, 2.24) is 9.78 Å². The zero-order valence-electron chi connectivity index (χ0n) is 9.03. The molecule has 3 nitrogen and oxygen atoms in total. The molecule has 0 saturated heterocycles. The normalized spacial score (nSPS) is 10.9. The van der Waals surface area contributed by atoms with Gasteiger partial charge in [0.2, 0.25) is 5.82 Å². The van der Waals surface area contributed by atoms with Gasteiger partial charge in [0.05, 0.1) is 11.2 Å². The maximum absolute atomic E-state index is 13.5. The molecule has 0 amide bonds. The van der Waals surface area contributed by atoms with Gasteiger partial charge in [0.25, 0.3) is 5.56 Å². The molecule has 106 valence electrons. The van der Waals surface area contributed by atoms with Crippen molar-refractivity contribution in [3.05, 3.63) is 55.7 Å². The third-order valence-electron chi connectivity index (χ3n) is 2.27. The molecule has 2 rings (SSSR count). The van der Waals surface area contributed by atoms with Crippen LogP contribution in [0.25, 0.3) is 5.69 Å². The van der Waals surface area contributed by atoms with Crippen molar-refractivity contribution in [2.24, 2.45) is 0 Å². The quantitative estimate of drug-likeness (QED) is 0.457. The van der Waals surface area contributed by atoms with Crippen LogP contribution in [0.2, 0.25) is 10.0 Å². The highest BCUT2D eigenvalue weighted by Crippen LogP contribution is 2.25. The minimum atomic E-state index is -2.35. The average molecular weight is 331 g/mol. The minimum absolute atomic E-state index is 0.0650. The van der Waals surface area contributed by atoms with E-state index in [4.69, 9.17) is 23.2 Å². The van der Waals surface area contributed by atoms with E-state index in [0.717, 1.165) is 6.20 Å². The summed E-state index contributed by atoms with van der Waals surface area (Å²) in [6.07, 6.45) is 0.726. The molecule has 0 N–H and O–H groups in total. The molecule has 0 atom stereocenters. The highest BCUT2D eigenvalue weighted by atomic mass is 35.5. The summed E-state index contributed by atoms with van der Waals surface area (Å²) in [5.41, 5.74) is -2.87. The molecule has 20 heavy (non-hydrogen) atoms. The fourth-order valence-electron chi connectivity index (χ4n) is 1.35. The maximum atomic E-state index is 13.5. The first-order valence-corrected chi connectivity index (χ1v) is 5.48. The van der Waals surface area contributed by atoms with Crippen molar-refractivity contribution in [3.63, 3.8) is 0 Å². The Hall–Kier alpha value is -1.67. The first kappa shape index (κ1) is 14.7. The lowest BCUT2D eigenvalue weighted by Gasteiger charge is -2.09. The van der Waals surface area contributed by atoms with Crippen LogP contribution < -0.4 is 5.56 Å². The highest BCUT2D eigenvalue weighted by molar-refractivity contribution is 6.41. The molecule has 1 aromatic heterocycles. The van der Waals surface area contributed by atoms with Gasteiger partial charge < -0.3 is 0 Å². The molecule has 0 fully saturated rings. The molecule has 0 saturated carbocycles. The number of benzene rings is 1. The van der Waals surface area contributed by atoms with E-state index in [1.807, 2.05) is 0 Å². The van der Waals surface area contributed by atoms with Crippen molar-refractivity contribution < 1.29 is 22.0 Å². The van der Waals surface area contributed by atoms with Gasteiger partial charge in [0.15, 0.2) is 23.3 Å². The van der Waals surface area contributed by atoms with Crippen LogP contribution in [-0.2, 0) is 0 Å². The van der Waals surface area contributed by atoms with Crippen molar-refractivity contribution in [2.75, 3.05) is 0 Å². The Labute approximate surface area is 117 Å². The van der Waals surface area contributed by atoms with Gasteiger partial charge in [-0.1, -0.05) is 23.2 Å². The molecule has 2 aromatic rings. The van der Waals surface area contributed by atoms with Gasteiger partial charge in [-0.15, -0.1) is 0 Å². The third kappa shape index (κ3) is 2.04. The van der Waals surface area contributed by atoms with E-state index < -0.39 is 45.4 Å². The van der Waals surface area contributed by atoms with Crippen LogP contribution in [0, 0.1) is 29.1 Å². The second kappa shape index (κ2) is 5.02. The van der Waals surface area contributed by atoms with Crippen molar-refractivity contribution in [2.45, 2.75) is 0 Å². The summed E-state index contributed by atoms with van der Waals surface area (Å²) in [4.78, 5) is 11.6. The van der Waals surface area contributed by atoms with Crippen LogP contribution in [0.4, 0.5) is 22.0 Å². The first-order valence-electron chi connectivity index (χ1n) is 4.72. The van der Waals surface area contributed by atoms with E-state index in [2.05, 4.69) is 5.10 Å². The fraction of sp³-hybridized carbons (Fsp3) is 0. The summed E-state index contributed by atoms with van der Waals surface area (Å²) in [5.74, 6) is -11.2. The molecule has 10 heteroatoms. The van der Waals surface area contributed by atoms with E-state index in [0.29, 0.717) is 0 Å². The molecular formula is C10HCl2F5N2O. The summed E-state index contributed by atoms with van der Waals surface area (Å²) < 4.78 is 65.9. The Balaban J connectivity index is 2.91. The molecule has 0 radical (unpaired) electrons. The summed E-state index contributed by atoms with van der Waals surface area (Å²) in [6.45, 7) is 0. The van der Waals surface area contributed by atoms with Gasteiger partial charge in [-0.05, 0) is 0 Å². The third-order valence-corrected chi connectivity index (χ3v) is 3.02. The van der Waals surface area contributed by atoms with E-state index in [1.54, 1.807) is 0 Å². The van der Waals surface area contributed by atoms with E-state index in [9.17, 15) is 26.7 Å². The zero-order valence-corrected chi connectivity index (χ0v) is 10.5. The topological polar surface area (TPSA) is 34.9 Å². The van der Waals surface area contributed by atoms with Crippen LogP contribution in [0.3, 0.4) is 0 Å². The summed E-state index contributed by atoms with van der Waals surface area (Å²) in [7, 11) is 0. The Bertz CT molecular complexity index is 748. The van der Waals surface area contributed by atoms with Crippen LogP contribution in [0.5, 0.6) is 0 Å². The van der Waals surface area contributed by atoms with Crippen LogP contribution >= 0.6 is 23.2 Å². The lowest BCUT2D eigenvalue weighted by atomic mass is 10.2. The summed E-state index contributed by atoms with van der Waals surface area (Å²) in [6, 6.07) is 0. The Kier molecular flexibility index (Phi) is 3.70. The van der Waals surface area contributed by atoms with E-state index >= 15 is 0 Å². The molecule has 0 aliphatic rings. The summed E-state index contributed by atoms with van der Waals surface area (Å²) >= 11 is 10.9. The van der Waals surface area contributed by atoms with E-state index in [-0.39, 0.29) is 9.70 Å². The Morgan fingerprint density at radius 3 is 1.85 bits per heavy atom. The maximum Gasteiger partial charge on any atom is 0.291 e. The lowest BCUT2D eigenvalue weighted by Crippen LogP contribution is -2.25. The van der Waals surface area contributed by atoms with Crippen LogP contribution in [-0.4, -0.2) is 9.78 Å². The van der Waals surface area contributed by atoms with E-state index in [1.165, 1.54) is 0 Å². The SMILES string of the molecule is O=c1c(Cl)c(Cl)cnn1-c1c(F)c(F)c(F)c(F)c1F. The molecule has 0 unspecified atom stereocenters. The van der Waals surface area contributed by atoms with Gasteiger partial charge in [-0.2, -0.15) is 9.78 Å². The van der Waals surface area contributed by atoms with Crippen LogP contribution in [0.15, 0.2) is 11.0 Å². The monoisotopic (exact) mass is 330 g/mol. The smallest absolute Gasteiger partial charge is 0.266 e. The number of hydrogen-bond donors (Lipinski definition) is 0. The Morgan fingerprint density at radius 2 is 1.35 bits per heavy atom. The number of nitrogens with zero attached hydrogens (tertiary/aromatic N) is 2. The van der Waals surface area contributed by atoms with Gasteiger partial charge in [-0.25, -0.2) is 22.0 Å². The molecule has 1 aromatic carbocycles. The largest absolute Gasteiger partial charge is 0.291 e. The number of rotatable bonds is 1. The second-order valence-corrected chi connectivity index (χ2v) is 4.23. The predicted molar refractivity (Wildman–Crippen MR) is 59.6 cm³/mol. The zero-order chi connectivity index (χ0) is 15.2. The lowest BCUT2D eigenvalue weighted by molar-refractivity contribution is 0.373. The molecule has 0 spiro atoms. The number of hydrogen-bond acceptors (Lipinski definition) is 2. The van der Waals surface area contributed by atoms with Gasteiger partial charge in [0.1, 0.15) is 10.7 Å². The highest BCUT2D eigenvalue weighted by Gasteiger charge is 2.28. The average Bonchev–Trinajstić information content (AvgIpc) is 2.43. The summed E-state index contributed by atoms with van der Waals surface area (Å²) in [5, 5.41) is 2.18. The molecule has 1 heterocycles. The fourth-order valence-corrected chi connectivity index (χ4v) is 1.60. The Morgan fingerprint density at radius 1 is 0.900 bits per heavy atom. The molecule has 0 aliphatic carbocycles.